The normalized spacial score (nSPS) is 20.5. The van der Waals surface area contributed by atoms with Crippen LogP contribution in [0.15, 0.2) is 28.7 Å². The van der Waals surface area contributed by atoms with Crippen molar-refractivity contribution < 1.29 is 14.3 Å². The second kappa shape index (κ2) is 6.86. The van der Waals surface area contributed by atoms with E-state index < -0.39 is 5.92 Å². The van der Waals surface area contributed by atoms with Gasteiger partial charge in [-0.3, -0.25) is 9.48 Å². The van der Waals surface area contributed by atoms with E-state index in [2.05, 4.69) is 10.4 Å². The highest BCUT2D eigenvalue weighted by Crippen LogP contribution is 2.43. The van der Waals surface area contributed by atoms with Gasteiger partial charge in [0.25, 0.3) is 0 Å². The summed E-state index contributed by atoms with van der Waals surface area (Å²) in [6.07, 6.45) is 3.97. The number of nitrogens with one attached hydrogen (secondary N) is 1. The molecule has 1 aliphatic carbocycles. The van der Waals surface area contributed by atoms with Crippen molar-refractivity contribution in [3.05, 3.63) is 40.0 Å². The molecule has 134 valence electrons. The van der Waals surface area contributed by atoms with Gasteiger partial charge in [0.1, 0.15) is 0 Å². The fourth-order valence-corrected chi connectivity index (χ4v) is 3.84. The predicted octanol–water partition coefficient (Wildman–Crippen LogP) is 2.74. The third-order valence-corrected chi connectivity index (χ3v) is 5.02. The van der Waals surface area contributed by atoms with E-state index in [4.69, 9.17) is 4.74 Å². The number of nitrogens with zero attached hydrogens (tertiary/aromatic N) is 2. The van der Waals surface area contributed by atoms with Crippen LogP contribution < -0.4 is 5.32 Å². The Labute approximate surface area is 147 Å². The first-order valence-electron chi connectivity index (χ1n) is 8.93. The maximum absolute atomic E-state index is 12.7. The first kappa shape index (κ1) is 17.5. The van der Waals surface area contributed by atoms with Crippen LogP contribution in [0.3, 0.4) is 0 Å². The predicted molar refractivity (Wildman–Crippen MR) is 93.7 cm³/mol. The van der Waals surface area contributed by atoms with Crippen LogP contribution >= 0.6 is 0 Å². The fourth-order valence-electron chi connectivity index (χ4n) is 3.84. The number of dihydropyridines is 1. The lowest BCUT2D eigenvalue weighted by Crippen LogP contribution is -2.34. The Morgan fingerprint density at radius 1 is 1.36 bits per heavy atom. The van der Waals surface area contributed by atoms with Crippen LogP contribution in [0.5, 0.6) is 0 Å². The molecule has 0 saturated carbocycles. The maximum atomic E-state index is 12.7. The van der Waals surface area contributed by atoms with Gasteiger partial charge in [-0.1, -0.05) is 0 Å². The smallest absolute Gasteiger partial charge is 0.336 e. The third kappa shape index (κ3) is 2.90. The Morgan fingerprint density at radius 2 is 2.12 bits per heavy atom. The Hall–Kier alpha value is -2.37. The summed E-state index contributed by atoms with van der Waals surface area (Å²) in [7, 11) is 0. The lowest BCUT2D eigenvalue weighted by atomic mass is 9.75. The van der Waals surface area contributed by atoms with Gasteiger partial charge in [-0.2, -0.15) is 5.10 Å². The topological polar surface area (TPSA) is 73.2 Å². The molecule has 0 radical (unpaired) electrons. The quantitative estimate of drug-likeness (QED) is 0.851. The van der Waals surface area contributed by atoms with Crippen molar-refractivity contribution in [2.75, 3.05) is 6.61 Å². The number of aromatic nitrogens is 2. The number of carbonyl (C=O) groups excluding carboxylic acids is 2. The van der Waals surface area contributed by atoms with Crippen molar-refractivity contribution in [2.24, 2.45) is 0 Å². The molecule has 6 heteroatoms. The highest BCUT2D eigenvalue weighted by molar-refractivity contribution is 6.03. The van der Waals surface area contributed by atoms with Crippen LogP contribution in [0.2, 0.25) is 0 Å². The van der Waals surface area contributed by atoms with E-state index in [1.807, 2.05) is 25.5 Å². The van der Waals surface area contributed by atoms with E-state index in [0.29, 0.717) is 24.2 Å². The van der Waals surface area contributed by atoms with Crippen molar-refractivity contribution in [1.82, 2.24) is 15.1 Å². The summed E-state index contributed by atoms with van der Waals surface area (Å²) in [6.45, 7) is 8.72. The fraction of sp³-hybridized carbons (Fsp3) is 0.526. The first-order chi connectivity index (χ1) is 12.0. The van der Waals surface area contributed by atoms with Gasteiger partial charge in [-0.05, 0) is 40.5 Å². The van der Waals surface area contributed by atoms with E-state index in [1.54, 1.807) is 13.1 Å². The molecule has 0 saturated heterocycles. The summed E-state index contributed by atoms with van der Waals surface area (Å²) < 4.78 is 7.19. The van der Waals surface area contributed by atoms with Gasteiger partial charge in [-0.25, -0.2) is 4.79 Å². The molecule has 2 heterocycles. The standard InChI is InChI=1S/C19H25N3O3/c1-5-22-12(4)13(10-20-22)17-16(19(24)25-6-2)11(3)21-14-8-7-9-15(23)18(14)17/h10,17,21H,5-9H2,1-4H3/t17-/m0/s1. The summed E-state index contributed by atoms with van der Waals surface area (Å²) in [5, 5.41) is 7.71. The molecule has 0 bridgehead atoms. The van der Waals surface area contributed by atoms with Crippen molar-refractivity contribution in [2.45, 2.75) is 59.4 Å². The minimum atomic E-state index is -0.400. The number of carbonyl (C=O) groups is 2. The van der Waals surface area contributed by atoms with E-state index in [-0.39, 0.29) is 11.8 Å². The minimum Gasteiger partial charge on any atom is -0.463 e. The number of hydrogen-bond acceptors (Lipinski definition) is 5. The number of Topliss-reactive ketones (excluding diaryl/α,β-unsaturated/α-hetero) is 1. The molecule has 0 fully saturated rings. The average Bonchev–Trinajstić information content (AvgIpc) is 2.94. The van der Waals surface area contributed by atoms with Crippen molar-refractivity contribution in [3.63, 3.8) is 0 Å². The van der Waals surface area contributed by atoms with E-state index >= 15 is 0 Å². The van der Waals surface area contributed by atoms with Crippen LogP contribution in [-0.4, -0.2) is 28.1 Å². The summed E-state index contributed by atoms with van der Waals surface area (Å²) >= 11 is 0. The van der Waals surface area contributed by atoms with Crippen molar-refractivity contribution in [3.8, 4) is 0 Å². The van der Waals surface area contributed by atoms with Crippen molar-refractivity contribution >= 4 is 11.8 Å². The second-order valence-corrected chi connectivity index (χ2v) is 6.49. The van der Waals surface area contributed by atoms with Crippen LogP contribution in [0.25, 0.3) is 0 Å². The van der Waals surface area contributed by atoms with Gasteiger partial charge in [-0.15, -0.1) is 0 Å². The van der Waals surface area contributed by atoms with Gasteiger partial charge in [0.15, 0.2) is 5.78 Å². The van der Waals surface area contributed by atoms with Crippen molar-refractivity contribution in [1.29, 1.82) is 0 Å². The Bertz CT molecular complexity index is 786. The number of aryl methyl sites for hydroxylation is 1. The van der Waals surface area contributed by atoms with Crippen LogP contribution in [0.4, 0.5) is 0 Å². The van der Waals surface area contributed by atoms with E-state index in [1.165, 1.54) is 0 Å². The number of ketones is 1. The number of hydrogen-bond donors (Lipinski definition) is 1. The Morgan fingerprint density at radius 3 is 2.76 bits per heavy atom. The summed E-state index contributed by atoms with van der Waals surface area (Å²) in [5.74, 6) is -0.661. The molecule has 1 aromatic rings. The molecule has 0 spiro atoms. The number of allylic oxidation sites excluding steroid dienone is 3. The lowest BCUT2D eigenvalue weighted by molar-refractivity contribution is -0.138. The molecule has 1 aliphatic heterocycles. The summed E-state index contributed by atoms with van der Waals surface area (Å²) in [6, 6.07) is 0. The molecular formula is C19H25N3O3. The molecular weight excluding hydrogens is 318 g/mol. The van der Waals surface area contributed by atoms with Crippen LogP contribution in [0.1, 0.15) is 57.2 Å². The van der Waals surface area contributed by atoms with Crippen LogP contribution in [-0.2, 0) is 20.9 Å². The number of ether oxygens (including phenoxy) is 1. The largest absolute Gasteiger partial charge is 0.463 e. The van der Waals surface area contributed by atoms with Gasteiger partial charge in [0.2, 0.25) is 0 Å². The molecule has 3 rings (SSSR count). The number of esters is 1. The zero-order chi connectivity index (χ0) is 18.1. The summed E-state index contributed by atoms with van der Waals surface area (Å²) in [4.78, 5) is 25.4. The second-order valence-electron chi connectivity index (χ2n) is 6.49. The molecule has 0 aromatic carbocycles. The zero-order valence-electron chi connectivity index (χ0n) is 15.3. The van der Waals surface area contributed by atoms with Gasteiger partial charge in [0.05, 0.1) is 24.3 Å². The summed E-state index contributed by atoms with van der Waals surface area (Å²) in [5.41, 5.74) is 4.83. The average molecular weight is 343 g/mol. The monoisotopic (exact) mass is 343 g/mol. The third-order valence-electron chi connectivity index (χ3n) is 5.02. The van der Waals surface area contributed by atoms with Gasteiger partial charge < -0.3 is 10.1 Å². The van der Waals surface area contributed by atoms with E-state index in [0.717, 1.165) is 42.0 Å². The van der Waals surface area contributed by atoms with E-state index in [9.17, 15) is 9.59 Å². The zero-order valence-corrected chi connectivity index (χ0v) is 15.3. The van der Waals surface area contributed by atoms with Gasteiger partial charge in [0, 0.05) is 41.2 Å². The highest BCUT2D eigenvalue weighted by atomic mass is 16.5. The molecule has 0 amide bonds. The van der Waals surface area contributed by atoms with Crippen LogP contribution in [0, 0.1) is 6.92 Å². The lowest BCUT2D eigenvalue weighted by Gasteiger charge is -2.33. The highest BCUT2D eigenvalue weighted by Gasteiger charge is 2.40. The Balaban J connectivity index is 2.18. The molecule has 2 aliphatic rings. The molecule has 1 aromatic heterocycles. The molecule has 0 unspecified atom stereocenters. The number of rotatable bonds is 4. The minimum absolute atomic E-state index is 0.108. The van der Waals surface area contributed by atoms with Gasteiger partial charge >= 0.3 is 5.97 Å². The molecule has 1 N–H and O–H groups in total. The first-order valence-corrected chi connectivity index (χ1v) is 8.93. The SMILES string of the molecule is CCOC(=O)C1=C(C)NC2=C(C(=O)CCC2)[C@H]1c1cnn(CC)c1C. The maximum Gasteiger partial charge on any atom is 0.336 e. The Kier molecular flexibility index (Phi) is 4.79. The molecule has 6 nitrogen and oxygen atoms in total. The molecule has 1 atom stereocenters. The molecule has 25 heavy (non-hydrogen) atoms.